The highest BCUT2D eigenvalue weighted by Crippen LogP contribution is 2.47. The van der Waals surface area contributed by atoms with Gasteiger partial charge in [-0.1, -0.05) is 35.9 Å². The van der Waals surface area contributed by atoms with E-state index in [2.05, 4.69) is 10.2 Å². The molecule has 4 amide bonds. The van der Waals surface area contributed by atoms with Crippen molar-refractivity contribution in [1.29, 1.82) is 0 Å². The molecule has 0 bridgehead atoms. The Labute approximate surface area is 218 Å². The molecule has 6 rings (SSSR count). The Hall–Kier alpha value is -4.73. The third-order valence-electron chi connectivity index (χ3n) is 7.83. The van der Waals surface area contributed by atoms with Gasteiger partial charge in [-0.05, 0) is 42.8 Å². The molecule has 0 radical (unpaired) electrons. The largest absolute Gasteiger partial charge is 0.368 e. The zero-order valence-electron chi connectivity index (χ0n) is 20.7. The molecule has 1 N–H and O–H groups in total. The lowest BCUT2D eigenvalue weighted by molar-refractivity contribution is -0.384. The SMILES string of the molecule is Cc1ccc(N2C(=O)NC(=O)[C@@]3(Cc4cc([N+](=O)[O-])ccc4N4CCN(c5ccccc5)C[C@H]43)C2=O)cc1. The second-order valence-electron chi connectivity index (χ2n) is 9.94. The van der Waals surface area contributed by atoms with Crippen LogP contribution in [0.4, 0.5) is 27.5 Å². The maximum Gasteiger partial charge on any atom is 0.335 e. The number of benzene rings is 3. The van der Waals surface area contributed by atoms with Crippen LogP contribution in [0.15, 0.2) is 72.8 Å². The topological polar surface area (TPSA) is 116 Å². The minimum Gasteiger partial charge on any atom is -0.368 e. The number of hydrogen-bond acceptors (Lipinski definition) is 7. The first kappa shape index (κ1) is 23.7. The van der Waals surface area contributed by atoms with E-state index >= 15 is 0 Å². The number of nitro benzene ring substituents is 1. The fourth-order valence-electron chi connectivity index (χ4n) is 5.92. The Bertz CT molecular complexity index is 1470. The van der Waals surface area contributed by atoms with Crippen LogP contribution in [-0.2, 0) is 16.0 Å². The van der Waals surface area contributed by atoms with Crippen molar-refractivity contribution in [3.63, 3.8) is 0 Å². The molecule has 0 saturated carbocycles. The molecule has 2 saturated heterocycles. The zero-order valence-corrected chi connectivity index (χ0v) is 20.7. The molecule has 192 valence electrons. The third kappa shape index (κ3) is 3.52. The predicted octanol–water partition coefficient (Wildman–Crippen LogP) is 3.42. The van der Waals surface area contributed by atoms with Gasteiger partial charge in [0.1, 0.15) is 0 Å². The number of imide groups is 2. The zero-order chi connectivity index (χ0) is 26.6. The number of rotatable bonds is 3. The number of aryl methyl sites for hydroxylation is 1. The quantitative estimate of drug-likeness (QED) is 0.325. The second-order valence-corrected chi connectivity index (χ2v) is 9.94. The molecule has 0 aromatic heterocycles. The van der Waals surface area contributed by atoms with E-state index in [0.717, 1.165) is 21.8 Å². The molecule has 1 spiro atoms. The van der Waals surface area contributed by atoms with E-state index in [4.69, 9.17) is 0 Å². The summed E-state index contributed by atoms with van der Waals surface area (Å²) in [5, 5.41) is 14.0. The van der Waals surface area contributed by atoms with E-state index in [1.165, 1.54) is 12.1 Å². The van der Waals surface area contributed by atoms with Gasteiger partial charge in [0, 0.05) is 49.6 Å². The maximum absolute atomic E-state index is 14.4. The molecule has 2 atom stereocenters. The Morgan fingerprint density at radius 1 is 0.947 bits per heavy atom. The van der Waals surface area contributed by atoms with Gasteiger partial charge >= 0.3 is 6.03 Å². The third-order valence-corrected chi connectivity index (χ3v) is 7.83. The summed E-state index contributed by atoms with van der Waals surface area (Å²) in [4.78, 5) is 57.4. The lowest BCUT2D eigenvalue weighted by atomic mass is 9.67. The van der Waals surface area contributed by atoms with E-state index in [9.17, 15) is 24.5 Å². The number of amides is 4. The highest BCUT2D eigenvalue weighted by molar-refractivity contribution is 6.30. The number of nitro groups is 1. The van der Waals surface area contributed by atoms with Gasteiger partial charge in [0.15, 0.2) is 5.41 Å². The lowest BCUT2D eigenvalue weighted by Gasteiger charge is -2.55. The van der Waals surface area contributed by atoms with Crippen LogP contribution >= 0.6 is 0 Å². The fraction of sp³-hybridized carbons (Fsp3) is 0.250. The van der Waals surface area contributed by atoms with Crippen molar-refractivity contribution >= 4 is 40.6 Å². The standard InChI is InChI=1S/C28H25N5O5/c1-18-7-9-21(10-8-18)32-26(35)28(25(34)29-27(32)36)16-19-15-22(33(37)38)11-12-23(19)31-14-13-30(17-24(28)31)20-5-3-2-4-6-20/h2-12,15,24H,13-14,16-17H2,1H3,(H,29,34,36)/t24-,28-/m0/s1. The van der Waals surface area contributed by atoms with Gasteiger partial charge in [0.25, 0.3) is 11.6 Å². The number of nitrogens with one attached hydrogen (secondary N) is 1. The summed E-state index contributed by atoms with van der Waals surface area (Å²) in [6.07, 6.45) is -0.0614. The van der Waals surface area contributed by atoms with Crippen molar-refractivity contribution < 1.29 is 19.3 Å². The molecule has 2 fully saturated rings. The van der Waals surface area contributed by atoms with Crippen molar-refractivity contribution in [2.75, 3.05) is 34.3 Å². The van der Waals surface area contributed by atoms with Crippen molar-refractivity contribution in [1.82, 2.24) is 5.32 Å². The van der Waals surface area contributed by atoms with Crippen LogP contribution in [0.5, 0.6) is 0 Å². The van der Waals surface area contributed by atoms with E-state index < -0.39 is 34.2 Å². The fourth-order valence-corrected chi connectivity index (χ4v) is 5.92. The van der Waals surface area contributed by atoms with E-state index in [-0.39, 0.29) is 12.1 Å². The van der Waals surface area contributed by atoms with Gasteiger partial charge in [-0.15, -0.1) is 0 Å². The number of fused-ring (bicyclic) bond motifs is 4. The Kier molecular flexibility index (Phi) is 5.41. The van der Waals surface area contributed by atoms with Crippen molar-refractivity contribution in [3.05, 3.63) is 94.0 Å². The van der Waals surface area contributed by atoms with Gasteiger partial charge in [-0.3, -0.25) is 25.0 Å². The molecule has 38 heavy (non-hydrogen) atoms. The van der Waals surface area contributed by atoms with Crippen molar-refractivity contribution in [2.45, 2.75) is 19.4 Å². The van der Waals surface area contributed by atoms with Gasteiger partial charge in [0.05, 0.1) is 16.7 Å². The maximum atomic E-state index is 14.4. The summed E-state index contributed by atoms with van der Waals surface area (Å²) in [5.74, 6) is -1.31. The Balaban J connectivity index is 1.50. The molecule has 0 unspecified atom stereocenters. The van der Waals surface area contributed by atoms with Crippen LogP contribution < -0.4 is 20.0 Å². The smallest absolute Gasteiger partial charge is 0.335 e. The van der Waals surface area contributed by atoms with Crippen LogP contribution in [0, 0.1) is 22.5 Å². The molecule has 3 heterocycles. The molecule has 10 heteroatoms. The molecule has 0 aliphatic carbocycles. The van der Waals surface area contributed by atoms with E-state index in [0.29, 0.717) is 30.9 Å². The number of urea groups is 1. The average Bonchev–Trinajstić information content (AvgIpc) is 2.92. The number of nitrogens with zero attached hydrogens (tertiary/aromatic N) is 4. The number of barbiturate groups is 1. The number of carbonyl (C=O) groups is 3. The molecular formula is C28H25N5O5. The molecular weight excluding hydrogens is 486 g/mol. The highest BCUT2D eigenvalue weighted by atomic mass is 16.6. The number of hydrogen-bond donors (Lipinski definition) is 1. The summed E-state index contributed by atoms with van der Waals surface area (Å²) in [6.45, 7) is 3.38. The summed E-state index contributed by atoms with van der Waals surface area (Å²) in [5.41, 5.74) is 1.79. The first-order valence-electron chi connectivity index (χ1n) is 12.4. The summed E-state index contributed by atoms with van der Waals surface area (Å²) < 4.78 is 0. The molecule has 3 aromatic rings. The second kappa shape index (κ2) is 8.69. The first-order valence-corrected chi connectivity index (χ1v) is 12.4. The highest BCUT2D eigenvalue weighted by Gasteiger charge is 2.63. The van der Waals surface area contributed by atoms with Crippen LogP contribution in [-0.4, -0.2) is 48.4 Å². The van der Waals surface area contributed by atoms with Gasteiger partial charge in [-0.25, -0.2) is 9.69 Å². The number of para-hydroxylation sites is 1. The Morgan fingerprint density at radius 3 is 2.39 bits per heavy atom. The van der Waals surface area contributed by atoms with Crippen LogP contribution in [0.1, 0.15) is 11.1 Å². The molecule has 3 aliphatic rings. The van der Waals surface area contributed by atoms with E-state index in [1.54, 1.807) is 30.3 Å². The minimum atomic E-state index is -1.67. The summed E-state index contributed by atoms with van der Waals surface area (Å²) in [6, 6.07) is 19.8. The van der Waals surface area contributed by atoms with Crippen LogP contribution in [0.25, 0.3) is 0 Å². The number of carbonyl (C=O) groups excluding carboxylic acids is 3. The van der Waals surface area contributed by atoms with Gasteiger partial charge in [-0.2, -0.15) is 0 Å². The lowest BCUT2D eigenvalue weighted by Crippen LogP contribution is -2.75. The number of anilines is 3. The van der Waals surface area contributed by atoms with E-state index in [1.807, 2.05) is 42.2 Å². The normalized spacial score (nSPS) is 22.7. The van der Waals surface area contributed by atoms with Crippen molar-refractivity contribution in [3.8, 4) is 0 Å². The van der Waals surface area contributed by atoms with Crippen molar-refractivity contribution in [2.24, 2.45) is 5.41 Å². The monoisotopic (exact) mass is 511 g/mol. The first-order chi connectivity index (χ1) is 18.3. The predicted molar refractivity (Wildman–Crippen MR) is 141 cm³/mol. The molecule has 10 nitrogen and oxygen atoms in total. The molecule has 3 aliphatic heterocycles. The molecule has 3 aromatic carbocycles. The van der Waals surface area contributed by atoms with Gasteiger partial charge < -0.3 is 9.80 Å². The minimum absolute atomic E-state index is 0.0614. The average molecular weight is 512 g/mol. The van der Waals surface area contributed by atoms with Gasteiger partial charge in [0.2, 0.25) is 5.91 Å². The summed E-state index contributed by atoms with van der Waals surface area (Å²) in [7, 11) is 0. The summed E-state index contributed by atoms with van der Waals surface area (Å²) >= 11 is 0. The number of piperazine rings is 1. The Morgan fingerprint density at radius 2 is 1.68 bits per heavy atom. The van der Waals surface area contributed by atoms with Crippen LogP contribution in [0.2, 0.25) is 0 Å². The van der Waals surface area contributed by atoms with Crippen LogP contribution in [0.3, 0.4) is 0 Å². The number of non-ortho nitro benzene ring substituents is 1.